The molecule has 2 atom stereocenters. The Morgan fingerprint density at radius 1 is 1.19 bits per heavy atom. The third kappa shape index (κ3) is 4.71. The summed E-state index contributed by atoms with van der Waals surface area (Å²) >= 11 is 0. The second-order valence-corrected chi connectivity index (χ2v) is 6.79. The predicted molar refractivity (Wildman–Crippen MR) is 76.0 cm³/mol. The average Bonchev–Trinajstić information content (AvgIpc) is 2.36. The van der Waals surface area contributed by atoms with E-state index in [-0.39, 0.29) is 17.6 Å². The van der Waals surface area contributed by atoms with Crippen LogP contribution in [0.25, 0.3) is 0 Å². The van der Waals surface area contributed by atoms with E-state index in [1.165, 1.54) is 12.1 Å². The first kappa shape index (κ1) is 16.3. The Labute approximate surface area is 123 Å². The second kappa shape index (κ2) is 5.97. The fraction of sp³-hybridized carbons (Fsp3) is 0.625. The lowest BCUT2D eigenvalue weighted by atomic mass is 9.88. The molecule has 1 aliphatic heterocycles. The molecule has 1 heterocycles. The molecule has 0 amide bonds. The van der Waals surface area contributed by atoms with Crippen LogP contribution >= 0.6 is 0 Å². The van der Waals surface area contributed by atoms with E-state index in [0.29, 0.717) is 12.1 Å². The van der Waals surface area contributed by atoms with Crippen molar-refractivity contribution < 1.29 is 17.9 Å². The zero-order valence-electron chi connectivity index (χ0n) is 12.6. The summed E-state index contributed by atoms with van der Waals surface area (Å²) in [4.78, 5) is 0. The Morgan fingerprint density at radius 2 is 1.90 bits per heavy atom. The second-order valence-electron chi connectivity index (χ2n) is 6.79. The number of morpholine rings is 1. The maximum Gasteiger partial charge on any atom is 0.416 e. The van der Waals surface area contributed by atoms with E-state index in [2.05, 4.69) is 26.1 Å². The number of benzene rings is 1. The van der Waals surface area contributed by atoms with Crippen molar-refractivity contribution in [3.8, 4) is 0 Å². The van der Waals surface area contributed by atoms with Gasteiger partial charge in [0.05, 0.1) is 17.8 Å². The Balaban J connectivity index is 2.11. The van der Waals surface area contributed by atoms with Crippen LogP contribution in [0.1, 0.15) is 44.4 Å². The van der Waals surface area contributed by atoms with E-state index in [0.717, 1.165) is 19.0 Å². The van der Waals surface area contributed by atoms with E-state index < -0.39 is 11.7 Å². The molecule has 2 rings (SSSR count). The van der Waals surface area contributed by atoms with Crippen molar-refractivity contribution in [2.75, 3.05) is 13.1 Å². The van der Waals surface area contributed by atoms with Crippen LogP contribution in [0, 0.1) is 5.41 Å². The highest BCUT2D eigenvalue weighted by molar-refractivity contribution is 5.27. The van der Waals surface area contributed by atoms with Gasteiger partial charge in [0.1, 0.15) is 0 Å². The maximum absolute atomic E-state index is 12.8. The highest BCUT2D eigenvalue weighted by Crippen LogP contribution is 2.33. The number of halogens is 3. The minimum atomic E-state index is -4.32. The minimum Gasteiger partial charge on any atom is -0.368 e. The minimum absolute atomic E-state index is 0.0262. The van der Waals surface area contributed by atoms with Crippen LogP contribution in [-0.2, 0) is 10.9 Å². The Hall–Kier alpha value is -1.07. The molecule has 1 aromatic rings. The van der Waals surface area contributed by atoms with E-state index in [9.17, 15) is 13.2 Å². The van der Waals surface area contributed by atoms with Gasteiger partial charge in [-0.2, -0.15) is 13.2 Å². The Morgan fingerprint density at radius 3 is 2.52 bits per heavy atom. The van der Waals surface area contributed by atoms with Gasteiger partial charge in [0.2, 0.25) is 0 Å². The zero-order chi connectivity index (χ0) is 15.7. The van der Waals surface area contributed by atoms with Gasteiger partial charge < -0.3 is 10.1 Å². The number of hydrogen-bond acceptors (Lipinski definition) is 2. The highest BCUT2D eigenvalue weighted by atomic mass is 19.4. The van der Waals surface area contributed by atoms with Gasteiger partial charge >= 0.3 is 6.18 Å². The van der Waals surface area contributed by atoms with E-state index >= 15 is 0 Å². The molecule has 2 unspecified atom stereocenters. The molecule has 118 valence electrons. The third-order valence-corrected chi connectivity index (χ3v) is 3.48. The summed E-state index contributed by atoms with van der Waals surface area (Å²) < 4.78 is 44.3. The Bertz CT molecular complexity index is 479. The first-order chi connectivity index (χ1) is 9.65. The number of nitrogens with one attached hydrogen (secondary N) is 1. The van der Waals surface area contributed by atoms with Crippen molar-refractivity contribution in [1.29, 1.82) is 0 Å². The van der Waals surface area contributed by atoms with Gasteiger partial charge in [-0.15, -0.1) is 0 Å². The van der Waals surface area contributed by atoms with E-state index in [4.69, 9.17) is 4.74 Å². The molecule has 21 heavy (non-hydrogen) atoms. The molecule has 5 heteroatoms. The van der Waals surface area contributed by atoms with Crippen LogP contribution in [0.2, 0.25) is 0 Å². The normalized spacial score (nSPS) is 24.1. The van der Waals surface area contributed by atoms with Gasteiger partial charge in [-0.1, -0.05) is 32.9 Å². The van der Waals surface area contributed by atoms with Crippen LogP contribution in [0.5, 0.6) is 0 Å². The molecule has 1 fully saturated rings. The molecule has 0 spiro atoms. The first-order valence-electron chi connectivity index (χ1n) is 7.18. The van der Waals surface area contributed by atoms with Gasteiger partial charge in [-0.05, 0) is 29.5 Å². The largest absolute Gasteiger partial charge is 0.416 e. The number of ether oxygens (including phenoxy) is 1. The maximum atomic E-state index is 12.8. The third-order valence-electron chi connectivity index (χ3n) is 3.48. The molecule has 1 aromatic carbocycles. The molecule has 2 nitrogen and oxygen atoms in total. The van der Waals surface area contributed by atoms with Crippen LogP contribution < -0.4 is 5.32 Å². The lowest BCUT2D eigenvalue weighted by Crippen LogP contribution is -2.42. The van der Waals surface area contributed by atoms with Gasteiger partial charge in [0.25, 0.3) is 0 Å². The van der Waals surface area contributed by atoms with Crippen LogP contribution in [0.15, 0.2) is 24.3 Å². The van der Waals surface area contributed by atoms with Crippen molar-refractivity contribution in [3.63, 3.8) is 0 Å². The summed E-state index contributed by atoms with van der Waals surface area (Å²) in [6.07, 6.45) is -3.75. The molecule has 0 aliphatic carbocycles. The SMILES string of the molecule is CC(C)(C)CC1CNCC(c2cccc(C(F)(F)F)c2)O1. The predicted octanol–water partition coefficient (Wildman–Crippen LogP) is 4.17. The van der Waals surface area contributed by atoms with Crippen molar-refractivity contribution in [1.82, 2.24) is 5.32 Å². The summed E-state index contributed by atoms with van der Waals surface area (Å²) in [5, 5.41) is 3.26. The molecule has 1 saturated heterocycles. The average molecular weight is 301 g/mol. The summed E-state index contributed by atoms with van der Waals surface area (Å²) in [6, 6.07) is 5.41. The number of alkyl halides is 3. The summed E-state index contributed by atoms with van der Waals surface area (Å²) in [6.45, 7) is 7.67. The molecule has 0 bridgehead atoms. The van der Waals surface area contributed by atoms with Gasteiger partial charge in [0.15, 0.2) is 0 Å². The van der Waals surface area contributed by atoms with Crippen molar-refractivity contribution in [2.45, 2.75) is 45.6 Å². The molecule has 1 aliphatic rings. The van der Waals surface area contributed by atoms with Gasteiger partial charge in [-0.3, -0.25) is 0 Å². The first-order valence-corrected chi connectivity index (χ1v) is 7.18. The summed E-state index contributed by atoms with van der Waals surface area (Å²) in [5.74, 6) is 0. The molecule has 0 radical (unpaired) electrons. The highest BCUT2D eigenvalue weighted by Gasteiger charge is 2.32. The Kier molecular flexibility index (Phi) is 4.63. The van der Waals surface area contributed by atoms with Crippen molar-refractivity contribution in [2.24, 2.45) is 5.41 Å². The number of rotatable bonds is 2. The van der Waals surface area contributed by atoms with Gasteiger partial charge in [0, 0.05) is 13.1 Å². The molecule has 0 aromatic heterocycles. The van der Waals surface area contributed by atoms with Crippen LogP contribution in [0.4, 0.5) is 13.2 Å². The lowest BCUT2D eigenvalue weighted by Gasteiger charge is -2.34. The summed E-state index contributed by atoms with van der Waals surface area (Å²) in [5.41, 5.74) is 0.0830. The van der Waals surface area contributed by atoms with Crippen molar-refractivity contribution in [3.05, 3.63) is 35.4 Å². The zero-order valence-corrected chi connectivity index (χ0v) is 12.6. The number of hydrogen-bond donors (Lipinski definition) is 1. The monoisotopic (exact) mass is 301 g/mol. The fourth-order valence-electron chi connectivity index (χ4n) is 2.62. The summed E-state index contributed by atoms with van der Waals surface area (Å²) in [7, 11) is 0. The molecule has 0 saturated carbocycles. The van der Waals surface area contributed by atoms with Crippen molar-refractivity contribution >= 4 is 0 Å². The lowest BCUT2D eigenvalue weighted by molar-refractivity contribution is -0.137. The smallest absolute Gasteiger partial charge is 0.368 e. The molecular weight excluding hydrogens is 279 g/mol. The standard InChI is InChI=1S/C16H22F3NO/c1-15(2,3)8-13-9-20-10-14(21-13)11-5-4-6-12(7-11)16(17,18)19/h4-7,13-14,20H,8-10H2,1-3H3. The van der Waals surface area contributed by atoms with Crippen LogP contribution in [0.3, 0.4) is 0 Å². The fourth-order valence-corrected chi connectivity index (χ4v) is 2.62. The molecular formula is C16H22F3NO. The van der Waals surface area contributed by atoms with E-state index in [1.54, 1.807) is 6.07 Å². The van der Waals surface area contributed by atoms with E-state index in [1.807, 2.05) is 0 Å². The van der Waals surface area contributed by atoms with Crippen LogP contribution in [-0.4, -0.2) is 19.2 Å². The quantitative estimate of drug-likeness (QED) is 0.885. The van der Waals surface area contributed by atoms with Gasteiger partial charge in [-0.25, -0.2) is 0 Å². The topological polar surface area (TPSA) is 21.3 Å². The molecule has 1 N–H and O–H groups in total.